The van der Waals surface area contributed by atoms with Gasteiger partial charge in [-0.2, -0.15) is 9.78 Å². The summed E-state index contributed by atoms with van der Waals surface area (Å²) in [5.41, 5.74) is 3.31. The molecule has 0 N–H and O–H groups in total. The second-order valence-electron chi connectivity index (χ2n) is 4.90. The van der Waals surface area contributed by atoms with Gasteiger partial charge < -0.3 is 0 Å². The highest BCUT2D eigenvalue weighted by atomic mass is 32.1. The normalized spacial score (nSPS) is 11.3. The first-order valence-corrected chi connectivity index (χ1v) is 7.51. The number of hydrogen-bond donors (Lipinski definition) is 0. The van der Waals surface area contributed by atoms with Gasteiger partial charge in [0.1, 0.15) is 0 Å². The maximum Gasteiger partial charge on any atom is 0.298 e. The zero-order chi connectivity index (χ0) is 14.3. The van der Waals surface area contributed by atoms with Crippen molar-refractivity contribution in [2.75, 3.05) is 0 Å². The fraction of sp³-hybridized carbons (Fsp3) is 0.357. The van der Waals surface area contributed by atoms with E-state index in [1.807, 2.05) is 30.5 Å². The van der Waals surface area contributed by atoms with Crippen LogP contribution in [0.4, 0.5) is 0 Å². The monoisotopic (exact) mass is 288 g/mol. The summed E-state index contributed by atoms with van der Waals surface area (Å²) in [4.78, 5) is 17.7. The van der Waals surface area contributed by atoms with Gasteiger partial charge in [-0.25, -0.2) is 4.98 Å². The van der Waals surface area contributed by atoms with E-state index >= 15 is 0 Å². The van der Waals surface area contributed by atoms with E-state index in [4.69, 9.17) is 0 Å². The quantitative estimate of drug-likeness (QED) is 0.744. The molecule has 0 saturated heterocycles. The zero-order valence-corrected chi connectivity index (χ0v) is 12.6. The lowest BCUT2D eigenvalue weighted by Crippen LogP contribution is -2.15. The van der Waals surface area contributed by atoms with Crippen LogP contribution < -0.4 is 0 Å². The maximum atomic E-state index is 12.4. The third-order valence-electron chi connectivity index (χ3n) is 3.21. The second-order valence-corrected chi connectivity index (χ2v) is 5.74. The molecular formula is C14H16N4OS. The number of hydrogen-bond acceptors (Lipinski definition) is 4. The van der Waals surface area contributed by atoms with Crippen molar-refractivity contribution in [3.8, 4) is 0 Å². The molecular weight excluding hydrogens is 272 g/mol. The van der Waals surface area contributed by atoms with Gasteiger partial charge in [0, 0.05) is 23.0 Å². The lowest BCUT2D eigenvalue weighted by molar-refractivity contribution is 0.0938. The molecule has 0 atom stereocenters. The predicted octanol–water partition coefficient (Wildman–Crippen LogP) is 2.85. The van der Waals surface area contributed by atoms with Gasteiger partial charge in [0.25, 0.3) is 5.91 Å². The van der Waals surface area contributed by atoms with Gasteiger partial charge in [-0.05, 0) is 26.3 Å². The molecule has 3 rings (SSSR count). The molecule has 0 radical (unpaired) electrons. The Hall–Kier alpha value is -1.95. The summed E-state index contributed by atoms with van der Waals surface area (Å²) in [5, 5.41) is 6.32. The molecule has 0 unspecified atom stereocenters. The molecule has 0 aliphatic heterocycles. The van der Waals surface area contributed by atoms with Gasteiger partial charge in [0.15, 0.2) is 10.7 Å². The molecule has 0 amide bonds. The highest BCUT2D eigenvalue weighted by molar-refractivity contribution is 7.15. The SMILES string of the molecule is CCCc1csc2nc(C(=O)n3nc(C)cc3C)cn12. The first kappa shape index (κ1) is 13.1. The number of fused-ring (bicyclic) bond motifs is 1. The summed E-state index contributed by atoms with van der Waals surface area (Å²) in [7, 11) is 0. The van der Waals surface area contributed by atoms with E-state index in [0.29, 0.717) is 5.69 Å². The minimum absolute atomic E-state index is 0.172. The molecule has 0 aliphatic carbocycles. The Morgan fingerprint density at radius 2 is 2.20 bits per heavy atom. The van der Waals surface area contributed by atoms with Crippen molar-refractivity contribution in [1.29, 1.82) is 0 Å². The number of carbonyl (C=O) groups is 1. The van der Waals surface area contributed by atoms with Gasteiger partial charge in [0.05, 0.1) is 5.69 Å². The molecule has 0 aromatic carbocycles. The van der Waals surface area contributed by atoms with E-state index in [0.717, 1.165) is 29.2 Å². The maximum absolute atomic E-state index is 12.4. The Morgan fingerprint density at radius 1 is 1.40 bits per heavy atom. The van der Waals surface area contributed by atoms with Crippen LogP contribution >= 0.6 is 11.3 Å². The van der Waals surface area contributed by atoms with E-state index < -0.39 is 0 Å². The van der Waals surface area contributed by atoms with E-state index in [1.165, 1.54) is 10.4 Å². The fourth-order valence-electron chi connectivity index (χ4n) is 2.31. The molecule has 3 aromatic heterocycles. The fourth-order valence-corrected chi connectivity index (χ4v) is 3.22. The van der Waals surface area contributed by atoms with Gasteiger partial charge in [-0.1, -0.05) is 13.3 Å². The van der Waals surface area contributed by atoms with Crippen molar-refractivity contribution in [3.05, 3.63) is 40.4 Å². The molecule has 0 bridgehead atoms. The molecule has 20 heavy (non-hydrogen) atoms. The van der Waals surface area contributed by atoms with Crippen LogP contribution in [0.3, 0.4) is 0 Å². The third kappa shape index (κ3) is 2.06. The lowest BCUT2D eigenvalue weighted by atomic mass is 10.3. The average Bonchev–Trinajstić information content (AvgIpc) is 3.05. The van der Waals surface area contributed by atoms with Crippen molar-refractivity contribution in [3.63, 3.8) is 0 Å². The van der Waals surface area contributed by atoms with E-state index in [1.54, 1.807) is 11.3 Å². The van der Waals surface area contributed by atoms with Crippen LogP contribution in [0.5, 0.6) is 0 Å². The Kier molecular flexibility index (Phi) is 3.17. The van der Waals surface area contributed by atoms with Gasteiger partial charge >= 0.3 is 0 Å². The highest BCUT2D eigenvalue weighted by Gasteiger charge is 2.17. The van der Waals surface area contributed by atoms with Crippen molar-refractivity contribution in [1.82, 2.24) is 19.2 Å². The molecule has 0 spiro atoms. The molecule has 0 aliphatic rings. The molecule has 0 saturated carbocycles. The number of thiazole rings is 1. The summed E-state index contributed by atoms with van der Waals surface area (Å²) >= 11 is 1.57. The molecule has 5 nitrogen and oxygen atoms in total. The first-order chi connectivity index (χ1) is 9.60. The number of imidazole rings is 1. The van der Waals surface area contributed by atoms with Crippen LogP contribution in [-0.2, 0) is 6.42 Å². The standard InChI is InChI=1S/C14H16N4OS/c1-4-5-11-8-20-14-15-12(7-17(11)14)13(19)18-10(3)6-9(2)16-18/h6-8H,4-5H2,1-3H3. The Morgan fingerprint density at radius 3 is 2.85 bits per heavy atom. The number of aryl methyl sites for hydroxylation is 3. The third-order valence-corrected chi connectivity index (χ3v) is 4.10. The van der Waals surface area contributed by atoms with Gasteiger partial charge in [-0.3, -0.25) is 9.20 Å². The van der Waals surface area contributed by atoms with Crippen LogP contribution in [0, 0.1) is 13.8 Å². The number of nitrogens with zero attached hydrogens (tertiary/aromatic N) is 4. The van der Waals surface area contributed by atoms with Gasteiger partial charge in [0.2, 0.25) is 0 Å². The smallest absolute Gasteiger partial charge is 0.294 e. The molecule has 6 heteroatoms. The van der Waals surface area contributed by atoms with Crippen molar-refractivity contribution < 1.29 is 4.79 Å². The number of carbonyl (C=O) groups excluding carboxylic acids is 1. The predicted molar refractivity (Wildman–Crippen MR) is 78.5 cm³/mol. The Bertz CT molecular complexity index is 780. The van der Waals surface area contributed by atoms with E-state index in [2.05, 4.69) is 22.4 Å². The average molecular weight is 288 g/mol. The van der Waals surface area contributed by atoms with Gasteiger partial charge in [-0.15, -0.1) is 11.3 Å². The number of aromatic nitrogens is 4. The van der Waals surface area contributed by atoms with Crippen LogP contribution in [0.25, 0.3) is 4.96 Å². The van der Waals surface area contributed by atoms with Crippen molar-refractivity contribution in [2.24, 2.45) is 0 Å². The largest absolute Gasteiger partial charge is 0.298 e. The highest BCUT2D eigenvalue weighted by Crippen LogP contribution is 2.18. The Balaban J connectivity index is 2.02. The number of rotatable bonds is 3. The van der Waals surface area contributed by atoms with E-state index in [9.17, 15) is 4.79 Å². The summed E-state index contributed by atoms with van der Waals surface area (Å²) < 4.78 is 3.42. The van der Waals surface area contributed by atoms with E-state index in [-0.39, 0.29) is 5.91 Å². The zero-order valence-electron chi connectivity index (χ0n) is 11.8. The molecule has 0 fully saturated rings. The lowest BCUT2D eigenvalue weighted by Gasteiger charge is -1.99. The Labute approximate surface area is 120 Å². The van der Waals surface area contributed by atoms with Crippen molar-refractivity contribution in [2.45, 2.75) is 33.6 Å². The van der Waals surface area contributed by atoms with Crippen molar-refractivity contribution >= 4 is 22.2 Å². The minimum Gasteiger partial charge on any atom is -0.294 e. The van der Waals surface area contributed by atoms with Crippen LogP contribution in [-0.4, -0.2) is 25.1 Å². The summed E-state index contributed by atoms with van der Waals surface area (Å²) in [6, 6.07) is 1.89. The van der Waals surface area contributed by atoms with Crippen LogP contribution in [0.2, 0.25) is 0 Å². The minimum atomic E-state index is -0.172. The molecule has 3 aromatic rings. The van der Waals surface area contributed by atoms with Crippen LogP contribution in [0.15, 0.2) is 17.6 Å². The molecule has 104 valence electrons. The first-order valence-electron chi connectivity index (χ1n) is 6.63. The topological polar surface area (TPSA) is 52.2 Å². The summed E-state index contributed by atoms with van der Waals surface area (Å²) in [6.07, 6.45) is 3.88. The second kappa shape index (κ2) is 4.86. The van der Waals surface area contributed by atoms with Crippen LogP contribution in [0.1, 0.15) is 40.9 Å². The molecule has 3 heterocycles. The summed E-state index contributed by atoms with van der Waals surface area (Å²) in [6.45, 7) is 5.89. The summed E-state index contributed by atoms with van der Waals surface area (Å²) in [5.74, 6) is -0.172.